The normalized spacial score (nSPS) is 28.8. The predicted octanol–water partition coefficient (Wildman–Crippen LogP) is 0.362. The molecule has 1 unspecified atom stereocenters. The van der Waals surface area contributed by atoms with Crippen molar-refractivity contribution in [1.82, 2.24) is 9.73 Å². The number of carbonyl (C=O) groups is 1. The van der Waals surface area contributed by atoms with Crippen LogP contribution in [0.3, 0.4) is 0 Å². The van der Waals surface area contributed by atoms with E-state index in [1.54, 1.807) is 5.06 Å². The fourth-order valence-electron chi connectivity index (χ4n) is 2.63. The molecule has 1 aromatic carbocycles. The summed E-state index contributed by atoms with van der Waals surface area (Å²) < 4.78 is 22.6. The van der Waals surface area contributed by atoms with Crippen LogP contribution in [0.4, 0.5) is 0 Å². The van der Waals surface area contributed by atoms with E-state index in [0.717, 1.165) is 5.56 Å². The Balaban J connectivity index is 1.78. The highest BCUT2D eigenvalue weighted by Gasteiger charge is 2.56. The van der Waals surface area contributed by atoms with Gasteiger partial charge in [-0.1, -0.05) is 30.3 Å². The third-order valence-electron chi connectivity index (χ3n) is 3.92. The van der Waals surface area contributed by atoms with Gasteiger partial charge in [0.05, 0.1) is 40.0 Å². The fraction of sp³-hybridized carbons (Fsp3) is 0.533. The average molecular weight is 356 g/mol. The maximum absolute atomic E-state index is 13.2. The second kappa shape index (κ2) is 7.84. The van der Waals surface area contributed by atoms with Gasteiger partial charge < -0.3 is 14.4 Å². The van der Waals surface area contributed by atoms with Gasteiger partial charge in [-0.3, -0.25) is 4.79 Å². The summed E-state index contributed by atoms with van der Waals surface area (Å²) in [5.41, 5.74) is 0.905. The Bertz CT molecular complexity index is 556. The maximum atomic E-state index is 13.2. The molecule has 0 aliphatic carbocycles. The van der Waals surface area contributed by atoms with Gasteiger partial charge in [0.1, 0.15) is 6.61 Å². The fourth-order valence-corrected chi connectivity index (χ4v) is 4.55. The van der Waals surface area contributed by atoms with Crippen molar-refractivity contribution in [3.8, 4) is 0 Å². The molecule has 0 spiro atoms. The van der Waals surface area contributed by atoms with Gasteiger partial charge in [-0.25, -0.2) is 0 Å². The zero-order valence-electron chi connectivity index (χ0n) is 13.5. The molecule has 2 atom stereocenters. The Labute approximate surface area is 141 Å². The van der Waals surface area contributed by atoms with Crippen molar-refractivity contribution in [1.29, 1.82) is 0 Å². The Kier molecular flexibility index (Phi) is 5.78. The topological polar surface area (TPSA) is 83.5 Å². The molecule has 0 saturated carbocycles. The molecule has 9 heteroatoms. The van der Waals surface area contributed by atoms with Crippen molar-refractivity contribution >= 4 is 14.1 Å². The van der Waals surface area contributed by atoms with Crippen molar-refractivity contribution in [2.75, 3.05) is 40.0 Å². The van der Waals surface area contributed by atoms with Gasteiger partial charge in [0, 0.05) is 0 Å². The minimum atomic E-state index is -3.63. The average Bonchev–Trinajstić information content (AvgIpc) is 2.92. The number of morpholine rings is 1. The third kappa shape index (κ3) is 3.92. The highest BCUT2D eigenvalue weighted by atomic mass is 31.2. The molecule has 2 aliphatic heterocycles. The summed E-state index contributed by atoms with van der Waals surface area (Å²) in [6, 6.07) is 8.69. The smallest absolute Gasteiger partial charge is 0.342 e. The minimum absolute atomic E-state index is 0.0267. The molecular weight excluding hydrogens is 335 g/mol. The number of rotatable bonds is 5. The number of esters is 1. The number of ether oxygens (including phenoxy) is 2. The monoisotopic (exact) mass is 356 g/mol. The van der Waals surface area contributed by atoms with Gasteiger partial charge in [-0.05, 0) is 5.56 Å². The van der Waals surface area contributed by atoms with Crippen LogP contribution in [0.25, 0.3) is 0 Å². The molecule has 0 amide bonds. The highest BCUT2D eigenvalue weighted by Crippen LogP contribution is 2.62. The van der Waals surface area contributed by atoms with E-state index in [0.29, 0.717) is 26.3 Å². The number of carbonyl (C=O) groups excluding carboxylic acids is 1. The van der Waals surface area contributed by atoms with Crippen LogP contribution in [0.5, 0.6) is 0 Å². The van der Waals surface area contributed by atoms with Crippen molar-refractivity contribution in [2.24, 2.45) is 0 Å². The SMILES string of the molecule is COC(=O)[C@H]1CO[P+]([O-])(ON2CCOCC2)N1Cc1ccccc1. The number of methoxy groups -OCH3 is 1. The van der Waals surface area contributed by atoms with Gasteiger partial charge in [0.2, 0.25) is 0 Å². The molecule has 0 N–H and O–H groups in total. The second-order valence-corrected chi connectivity index (χ2v) is 7.38. The van der Waals surface area contributed by atoms with Crippen molar-refractivity contribution < 1.29 is 28.3 Å². The van der Waals surface area contributed by atoms with Gasteiger partial charge in [0.15, 0.2) is 6.04 Å². The van der Waals surface area contributed by atoms with E-state index < -0.39 is 20.1 Å². The molecule has 2 saturated heterocycles. The third-order valence-corrected chi connectivity index (χ3v) is 5.88. The van der Waals surface area contributed by atoms with E-state index in [-0.39, 0.29) is 13.2 Å². The number of hydrogen-bond acceptors (Lipinski definition) is 8. The van der Waals surface area contributed by atoms with Gasteiger partial charge in [0.25, 0.3) is 0 Å². The Morgan fingerprint density at radius 1 is 1.33 bits per heavy atom. The maximum Gasteiger partial charge on any atom is 0.342 e. The molecule has 132 valence electrons. The first-order chi connectivity index (χ1) is 11.6. The summed E-state index contributed by atoms with van der Waals surface area (Å²) in [6.45, 7) is 2.23. The van der Waals surface area contributed by atoms with E-state index in [1.165, 1.54) is 11.8 Å². The molecule has 2 heterocycles. The van der Waals surface area contributed by atoms with Crippen LogP contribution >= 0.6 is 8.09 Å². The van der Waals surface area contributed by atoms with E-state index >= 15 is 0 Å². The number of benzene rings is 1. The molecule has 1 aromatic rings. The lowest BCUT2D eigenvalue weighted by atomic mass is 10.2. The lowest BCUT2D eigenvalue weighted by Gasteiger charge is -2.35. The Morgan fingerprint density at radius 2 is 2.04 bits per heavy atom. The molecule has 0 aromatic heterocycles. The summed E-state index contributed by atoms with van der Waals surface area (Å²) in [6.07, 6.45) is 0. The molecule has 2 aliphatic rings. The van der Waals surface area contributed by atoms with Crippen LogP contribution in [0.1, 0.15) is 5.56 Å². The summed E-state index contributed by atoms with van der Waals surface area (Å²) in [4.78, 5) is 25.3. The predicted molar refractivity (Wildman–Crippen MR) is 84.1 cm³/mol. The van der Waals surface area contributed by atoms with Crippen molar-refractivity contribution in [2.45, 2.75) is 12.6 Å². The minimum Gasteiger partial charge on any atom is -0.614 e. The number of hydrogen-bond donors (Lipinski definition) is 0. The van der Waals surface area contributed by atoms with Crippen LogP contribution in [-0.2, 0) is 30.0 Å². The van der Waals surface area contributed by atoms with Crippen molar-refractivity contribution in [3.63, 3.8) is 0 Å². The lowest BCUT2D eigenvalue weighted by molar-refractivity contribution is -0.264. The molecule has 8 nitrogen and oxygen atoms in total. The van der Waals surface area contributed by atoms with E-state index in [4.69, 9.17) is 18.6 Å². The molecule has 0 radical (unpaired) electrons. The quantitative estimate of drug-likeness (QED) is 0.553. The number of nitrogens with zero attached hydrogens (tertiary/aromatic N) is 2. The molecule has 2 fully saturated rings. The molecule has 24 heavy (non-hydrogen) atoms. The summed E-state index contributed by atoms with van der Waals surface area (Å²) in [7, 11) is -2.33. The zero-order chi connectivity index (χ0) is 17.0. The van der Waals surface area contributed by atoms with Crippen LogP contribution in [0.15, 0.2) is 30.3 Å². The van der Waals surface area contributed by atoms with Gasteiger partial charge in [-0.2, -0.15) is 4.52 Å². The van der Waals surface area contributed by atoms with Crippen LogP contribution in [0.2, 0.25) is 0 Å². The van der Waals surface area contributed by atoms with Gasteiger partial charge in [-0.15, -0.1) is 14.4 Å². The van der Waals surface area contributed by atoms with Crippen LogP contribution in [-0.4, -0.2) is 61.8 Å². The largest absolute Gasteiger partial charge is 0.614 e. The Morgan fingerprint density at radius 3 is 2.71 bits per heavy atom. The van der Waals surface area contributed by atoms with Crippen LogP contribution < -0.4 is 4.89 Å². The second-order valence-electron chi connectivity index (χ2n) is 5.51. The number of hydroxylamine groups is 2. The zero-order valence-corrected chi connectivity index (χ0v) is 14.4. The first-order valence-corrected chi connectivity index (χ1v) is 9.28. The standard InChI is InChI=1S/C15H21N2O6P/c1-20-15(18)14-12-22-24(19,23-16-7-9-21-10-8-16)17(14)11-13-5-3-2-4-6-13/h2-6,14H,7-12H2,1H3/t14-,24?/m1/s1. The summed E-state index contributed by atoms with van der Waals surface area (Å²) >= 11 is 0. The molecule has 0 bridgehead atoms. The summed E-state index contributed by atoms with van der Waals surface area (Å²) in [5, 5.41) is 1.57. The first-order valence-electron chi connectivity index (χ1n) is 7.78. The van der Waals surface area contributed by atoms with Crippen molar-refractivity contribution in [3.05, 3.63) is 35.9 Å². The van der Waals surface area contributed by atoms with Crippen LogP contribution in [0, 0.1) is 0 Å². The first kappa shape index (κ1) is 17.7. The van der Waals surface area contributed by atoms with E-state index in [1.807, 2.05) is 30.3 Å². The Hall–Kier alpha value is -1.12. The van der Waals surface area contributed by atoms with E-state index in [9.17, 15) is 9.69 Å². The lowest BCUT2D eigenvalue weighted by Crippen LogP contribution is -2.44. The van der Waals surface area contributed by atoms with Gasteiger partial charge >= 0.3 is 14.1 Å². The molecular formula is C15H21N2O6P. The molecule has 3 rings (SSSR count). The highest BCUT2D eigenvalue weighted by molar-refractivity contribution is 7.56. The summed E-state index contributed by atoms with van der Waals surface area (Å²) in [5.74, 6) is -0.491. The van der Waals surface area contributed by atoms with E-state index in [2.05, 4.69) is 0 Å².